The van der Waals surface area contributed by atoms with E-state index in [1.165, 1.54) is 0 Å². The van der Waals surface area contributed by atoms with E-state index in [0.717, 1.165) is 35.3 Å². The smallest absolute Gasteiger partial charge is 0.254 e. The molecule has 0 saturated carbocycles. The van der Waals surface area contributed by atoms with Crippen LogP contribution in [0.25, 0.3) is 11.1 Å². The van der Waals surface area contributed by atoms with Crippen molar-refractivity contribution < 1.29 is 4.79 Å². The zero-order valence-electron chi connectivity index (χ0n) is 17.1. The van der Waals surface area contributed by atoms with Gasteiger partial charge in [-0.25, -0.2) is 0 Å². The van der Waals surface area contributed by atoms with Crippen molar-refractivity contribution in [3.8, 4) is 11.1 Å². The van der Waals surface area contributed by atoms with Gasteiger partial charge in [0.05, 0.1) is 6.04 Å². The molecule has 0 bridgehead atoms. The van der Waals surface area contributed by atoms with Gasteiger partial charge in [0.1, 0.15) is 0 Å². The van der Waals surface area contributed by atoms with Crippen molar-refractivity contribution in [2.45, 2.75) is 19.0 Å². The van der Waals surface area contributed by atoms with Gasteiger partial charge >= 0.3 is 0 Å². The van der Waals surface area contributed by atoms with Crippen molar-refractivity contribution in [2.75, 3.05) is 6.54 Å². The minimum Gasteiger partial charge on any atom is -0.349 e. The lowest BCUT2D eigenvalue weighted by molar-refractivity contribution is 0.0709. The first-order valence-electron chi connectivity index (χ1n) is 10.6. The molecule has 1 amide bonds. The Morgan fingerprint density at radius 3 is 2.35 bits per heavy atom. The number of aromatic nitrogens is 1. The largest absolute Gasteiger partial charge is 0.349 e. The molecule has 5 rings (SSSR count). The lowest BCUT2D eigenvalue weighted by Crippen LogP contribution is -2.35. The fraction of sp³-hybridized carbons (Fsp3) is 0.148. The Kier molecular flexibility index (Phi) is 5.35. The van der Waals surface area contributed by atoms with Crippen molar-refractivity contribution in [3.05, 3.63) is 119 Å². The van der Waals surface area contributed by atoms with Crippen molar-refractivity contribution in [1.82, 2.24) is 9.47 Å². The molecule has 0 saturated heterocycles. The van der Waals surface area contributed by atoms with Gasteiger partial charge in [0.25, 0.3) is 5.91 Å². The molecular formula is C27H23ClN2O. The Balaban J connectivity index is 1.52. The minimum atomic E-state index is -0.169. The third-order valence-corrected chi connectivity index (χ3v) is 6.15. The first-order chi connectivity index (χ1) is 15.2. The summed E-state index contributed by atoms with van der Waals surface area (Å²) in [5.41, 5.74) is 5.10. The summed E-state index contributed by atoms with van der Waals surface area (Å²) in [6.07, 6.45) is 3.00. The molecule has 3 nitrogen and oxygen atoms in total. The number of hydrogen-bond acceptors (Lipinski definition) is 1. The van der Waals surface area contributed by atoms with Crippen molar-refractivity contribution in [3.63, 3.8) is 0 Å². The Morgan fingerprint density at radius 2 is 1.58 bits per heavy atom. The molecule has 0 N–H and O–H groups in total. The molecule has 0 fully saturated rings. The van der Waals surface area contributed by atoms with E-state index in [2.05, 4.69) is 41.1 Å². The fourth-order valence-corrected chi connectivity index (χ4v) is 4.63. The monoisotopic (exact) mass is 426 g/mol. The maximum atomic E-state index is 13.7. The zero-order chi connectivity index (χ0) is 21.2. The lowest BCUT2D eigenvalue weighted by Gasteiger charge is -2.31. The minimum absolute atomic E-state index is 0.0410. The number of fused-ring (bicyclic) bond motifs is 1. The summed E-state index contributed by atoms with van der Waals surface area (Å²) in [4.78, 5) is 15.7. The maximum absolute atomic E-state index is 13.7. The van der Waals surface area contributed by atoms with Crippen LogP contribution in [0.2, 0.25) is 5.02 Å². The van der Waals surface area contributed by atoms with Gasteiger partial charge in [0.15, 0.2) is 0 Å². The van der Waals surface area contributed by atoms with Gasteiger partial charge < -0.3 is 9.47 Å². The second-order valence-electron chi connectivity index (χ2n) is 7.88. The Morgan fingerprint density at radius 1 is 0.806 bits per heavy atom. The number of carbonyl (C=O) groups is 1. The highest BCUT2D eigenvalue weighted by Gasteiger charge is 2.31. The molecule has 1 unspecified atom stereocenters. The van der Waals surface area contributed by atoms with Crippen molar-refractivity contribution in [2.24, 2.45) is 0 Å². The molecule has 2 heterocycles. The summed E-state index contributed by atoms with van der Waals surface area (Å²) in [7, 11) is 0. The number of benzene rings is 3. The molecule has 0 spiro atoms. The molecule has 1 aliphatic rings. The second-order valence-corrected chi connectivity index (χ2v) is 8.32. The van der Waals surface area contributed by atoms with Crippen LogP contribution in [0.1, 0.15) is 34.1 Å². The average Bonchev–Trinajstić information content (AvgIpc) is 3.19. The van der Waals surface area contributed by atoms with E-state index in [0.29, 0.717) is 17.1 Å². The average molecular weight is 427 g/mol. The number of halogens is 1. The van der Waals surface area contributed by atoms with E-state index in [9.17, 15) is 4.79 Å². The topological polar surface area (TPSA) is 25.2 Å². The maximum Gasteiger partial charge on any atom is 0.254 e. The molecule has 1 aromatic heterocycles. The Bertz CT molecular complexity index is 1200. The van der Waals surface area contributed by atoms with Crippen LogP contribution in [0.3, 0.4) is 0 Å². The lowest BCUT2D eigenvalue weighted by atomic mass is 9.99. The number of hydrogen-bond donors (Lipinski definition) is 0. The number of nitrogens with zero attached hydrogens (tertiary/aromatic N) is 2. The van der Waals surface area contributed by atoms with E-state index >= 15 is 0 Å². The Hall–Kier alpha value is -3.30. The summed E-state index contributed by atoms with van der Waals surface area (Å²) in [5, 5.41) is 0.680. The van der Waals surface area contributed by atoms with Crippen LogP contribution in [-0.2, 0) is 6.54 Å². The second kappa shape index (κ2) is 8.44. The van der Waals surface area contributed by atoms with Crippen LogP contribution in [0.4, 0.5) is 0 Å². The van der Waals surface area contributed by atoms with E-state index in [-0.39, 0.29) is 11.9 Å². The highest BCUT2D eigenvalue weighted by Crippen LogP contribution is 2.34. The summed E-state index contributed by atoms with van der Waals surface area (Å²) in [5.74, 6) is 0.0410. The van der Waals surface area contributed by atoms with E-state index in [1.807, 2.05) is 65.6 Å². The molecule has 1 atom stereocenters. The van der Waals surface area contributed by atoms with Crippen LogP contribution in [0, 0.1) is 0 Å². The predicted molar refractivity (Wildman–Crippen MR) is 125 cm³/mol. The summed E-state index contributed by atoms with van der Waals surface area (Å²) < 4.78 is 2.25. The van der Waals surface area contributed by atoms with Gasteiger partial charge in [-0.15, -0.1) is 0 Å². The molecule has 0 radical (unpaired) electrons. The predicted octanol–water partition coefficient (Wildman–Crippen LogP) is 6.44. The van der Waals surface area contributed by atoms with Gasteiger partial charge in [-0.3, -0.25) is 4.79 Å². The third-order valence-electron chi connectivity index (χ3n) is 5.92. The molecule has 154 valence electrons. The van der Waals surface area contributed by atoms with Crippen molar-refractivity contribution >= 4 is 17.5 Å². The van der Waals surface area contributed by atoms with E-state index in [1.54, 1.807) is 0 Å². The first kappa shape index (κ1) is 19.7. The molecule has 4 heteroatoms. The molecular weight excluding hydrogens is 404 g/mol. The van der Waals surface area contributed by atoms with Crippen LogP contribution >= 0.6 is 11.6 Å². The van der Waals surface area contributed by atoms with Gasteiger partial charge in [-0.05, 0) is 59.5 Å². The Labute approximate surface area is 187 Å². The fourth-order valence-electron chi connectivity index (χ4n) is 4.43. The number of aryl methyl sites for hydroxylation is 1. The molecule has 3 aromatic carbocycles. The first-order valence-corrected chi connectivity index (χ1v) is 11.0. The standard InChI is InChI=1S/C27H23ClN2O/c28-24-10-4-9-23(19-24)26-25-11-5-16-29(25)17-6-18-30(26)27(31)22-14-12-21(13-15-22)20-7-2-1-3-8-20/h1-5,7-16,19,26H,6,17-18H2. The highest BCUT2D eigenvalue weighted by molar-refractivity contribution is 6.30. The zero-order valence-corrected chi connectivity index (χ0v) is 17.9. The van der Waals surface area contributed by atoms with Crippen LogP contribution in [0.15, 0.2) is 97.2 Å². The molecule has 1 aliphatic heterocycles. The number of amides is 1. The highest BCUT2D eigenvalue weighted by atomic mass is 35.5. The molecule has 4 aromatic rings. The summed E-state index contributed by atoms with van der Waals surface area (Å²) in [6.45, 7) is 1.59. The third kappa shape index (κ3) is 3.89. The van der Waals surface area contributed by atoms with E-state index in [4.69, 9.17) is 11.6 Å². The van der Waals surface area contributed by atoms with Crippen LogP contribution in [0.5, 0.6) is 0 Å². The SMILES string of the molecule is O=C(c1ccc(-c2ccccc2)cc1)N1CCCn2cccc2C1c1cccc(Cl)c1. The van der Waals surface area contributed by atoms with Gasteiger partial charge in [-0.1, -0.05) is 66.2 Å². The molecule has 0 aliphatic carbocycles. The van der Waals surface area contributed by atoms with Gasteiger partial charge in [0, 0.05) is 35.6 Å². The quantitative estimate of drug-likeness (QED) is 0.370. The van der Waals surface area contributed by atoms with Crippen molar-refractivity contribution in [1.29, 1.82) is 0 Å². The summed E-state index contributed by atoms with van der Waals surface area (Å²) >= 11 is 6.32. The number of rotatable bonds is 3. The normalized spacial score (nSPS) is 15.9. The van der Waals surface area contributed by atoms with E-state index < -0.39 is 0 Å². The summed E-state index contributed by atoms with van der Waals surface area (Å²) in [6, 6.07) is 30.0. The molecule has 31 heavy (non-hydrogen) atoms. The van der Waals surface area contributed by atoms with Gasteiger partial charge in [-0.2, -0.15) is 0 Å². The van der Waals surface area contributed by atoms with Gasteiger partial charge in [0.2, 0.25) is 0 Å². The van der Waals surface area contributed by atoms with Crippen LogP contribution in [-0.4, -0.2) is 21.9 Å². The number of carbonyl (C=O) groups excluding carboxylic acids is 1. The van der Waals surface area contributed by atoms with Crippen LogP contribution < -0.4 is 0 Å².